The van der Waals surface area contributed by atoms with Crippen LogP contribution >= 0.6 is 7.60 Å². The number of methoxy groups -OCH3 is 1. The van der Waals surface area contributed by atoms with Crippen molar-refractivity contribution in [3.8, 4) is 5.75 Å². The van der Waals surface area contributed by atoms with Crippen LogP contribution in [0.3, 0.4) is 0 Å². The van der Waals surface area contributed by atoms with E-state index in [1.807, 2.05) is 0 Å². The van der Waals surface area contributed by atoms with Gasteiger partial charge in [-0.05, 0) is 23.3 Å². The van der Waals surface area contributed by atoms with Gasteiger partial charge in [0.2, 0.25) is 6.20 Å². The van der Waals surface area contributed by atoms with Crippen LogP contribution in [0.2, 0.25) is 0 Å². The number of nitrogens with zero attached hydrogens (tertiary/aromatic N) is 2. The van der Waals surface area contributed by atoms with Crippen LogP contribution in [0.5, 0.6) is 5.75 Å². The number of benzene rings is 1. The fourth-order valence-electron chi connectivity index (χ4n) is 1.70. The molecule has 0 fully saturated rings. The van der Waals surface area contributed by atoms with E-state index < -0.39 is 7.60 Å². The van der Waals surface area contributed by atoms with Crippen LogP contribution in [0, 0.1) is 0 Å². The summed E-state index contributed by atoms with van der Waals surface area (Å²) in [4.78, 5) is 9.83. The lowest BCUT2D eigenvalue weighted by atomic mass is 10.2. The molecule has 18 heavy (non-hydrogen) atoms. The smallest absolute Gasteiger partial charge is 0.365 e. The fraction of sp³-hybridized carbons (Fsp3) is 0.273. The van der Waals surface area contributed by atoms with Gasteiger partial charge < -0.3 is 14.2 Å². The summed E-state index contributed by atoms with van der Waals surface area (Å²) in [5, 5.41) is 4.98. The lowest BCUT2D eigenvalue weighted by Crippen LogP contribution is -2.36. The quantitative estimate of drug-likeness (QED) is 0.650. The van der Waals surface area contributed by atoms with Crippen molar-refractivity contribution in [3.63, 3.8) is 0 Å². The molecule has 2 aromatic rings. The molecule has 0 saturated heterocycles. The lowest BCUT2D eigenvalue weighted by Gasteiger charge is -2.10. The maximum absolute atomic E-state index is 12.0. The zero-order valence-corrected chi connectivity index (χ0v) is 11.2. The van der Waals surface area contributed by atoms with Crippen molar-refractivity contribution >= 4 is 23.8 Å². The number of hydrogen-bond acceptors (Lipinski definition) is 4. The molecular formula is C11H14N2O4P+. The minimum absolute atomic E-state index is 0.205. The number of aromatic nitrogens is 2. The van der Waals surface area contributed by atoms with E-state index in [4.69, 9.17) is 4.74 Å². The largest absolute Gasteiger partial charge is 0.497 e. The normalized spacial score (nSPS) is 14.4. The van der Waals surface area contributed by atoms with Gasteiger partial charge in [0.1, 0.15) is 16.6 Å². The number of rotatable bonds is 3. The second kappa shape index (κ2) is 4.65. The number of fused-ring (bicyclic) bond motifs is 1. The number of hydrogen-bond donors (Lipinski definition) is 1. The third kappa shape index (κ3) is 2.22. The topological polar surface area (TPSA) is 72.5 Å². The summed E-state index contributed by atoms with van der Waals surface area (Å²) in [5.41, 5.74) is 0.599. The van der Waals surface area contributed by atoms with E-state index in [1.165, 1.54) is 25.1 Å². The third-order valence-electron chi connectivity index (χ3n) is 2.61. The molecule has 0 aliphatic heterocycles. The molecule has 1 aromatic heterocycles. The number of aryl methyl sites for hydroxylation is 1. The van der Waals surface area contributed by atoms with E-state index in [2.05, 4.69) is 9.62 Å². The second-order valence-electron chi connectivity index (χ2n) is 3.77. The van der Waals surface area contributed by atoms with E-state index >= 15 is 0 Å². The molecule has 1 aromatic carbocycles. The van der Waals surface area contributed by atoms with Gasteiger partial charge in [-0.25, -0.2) is 0 Å². The van der Waals surface area contributed by atoms with Crippen molar-refractivity contribution in [2.75, 3.05) is 14.2 Å². The van der Waals surface area contributed by atoms with Crippen LogP contribution in [0.1, 0.15) is 0 Å². The molecule has 96 valence electrons. The van der Waals surface area contributed by atoms with Gasteiger partial charge in [0.15, 0.2) is 7.05 Å². The Morgan fingerprint density at radius 1 is 1.39 bits per heavy atom. The zero-order chi connectivity index (χ0) is 13.3. The molecule has 0 saturated carbocycles. The standard InChI is InChI=1S/C11H13N2O4P/c1-13-7-11(18(14,15)17-3)9-6-8(16-2)4-5-10(9)12-13/h4-7H,1-3H3/p+1. The zero-order valence-electron chi connectivity index (χ0n) is 10.3. The highest BCUT2D eigenvalue weighted by molar-refractivity contribution is 7.61. The van der Waals surface area contributed by atoms with E-state index in [0.29, 0.717) is 16.7 Å². The van der Waals surface area contributed by atoms with Crippen LogP contribution in [0.25, 0.3) is 10.9 Å². The molecule has 6 nitrogen and oxygen atoms in total. The second-order valence-corrected chi connectivity index (χ2v) is 5.66. The predicted molar refractivity (Wildman–Crippen MR) is 65.9 cm³/mol. The van der Waals surface area contributed by atoms with Crippen LogP contribution in [0.4, 0.5) is 0 Å². The number of ether oxygens (including phenoxy) is 1. The highest BCUT2D eigenvalue weighted by Crippen LogP contribution is 2.41. The average molecular weight is 269 g/mol. The lowest BCUT2D eigenvalue weighted by molar-refractivity contribution is -0.727. The molecule has 0 spiro atoms. The Morgan fingerprint density at radius 3 is 2.72 bits per heavy atom. The molecular weight excluding hydrogens is 255 g/mol. The minimum Gasteiger partial charge on any atom is -0.497 e. The van der Waals surface area contributed by atoms with Gasteiger partial charge in [0.05, 0.1) is 7.11 Å². The van der Waals surface area contributed by atoms with Crippen molar-refractivity contribution in [2.45, 2.75) is 0 Å². The Kier molecular flexibility index (Phi) is 3.34. The molecule has 1 atom stereocenters. The van der Waals surface area contributed by atoms with Crippen LogP contribution < -0.4 is 14.7 Å². The van der Waals surface area contributed by atoms with Crippen LogP contribution in [-0.4, -0.2) is 24.2 Å². The van der Waals surface area contributed by atoms with Crippen LogP contribution in [-0.2, 0) is 16.1 Å². The van der Waals surface area contributed by atoms with Crippen molar-refractivity contribution in [3.05, 3.63) is 24.4 Å². The summed E-state index contributed by atoms with van der Waals surface area (Å²) >= 11 is 0. The Bertz CT molecular complexity index is 644. The molecule has 2 rings (SSSR count). The third-order valence-corrected chi connectivity index (χ3v) is 4.07. The molecule has 1 unspecified atom stereocenters. The highest BCUT2D eigenvalue weighted by Gasteiger charge is 2.28. The summed E-state index contributed by atoms with van der Waals surface area (Å²) in [5.74, 6) is 0.593. The molecule has 0 radical (unpaired) electrons. The Morgan fingerprint density at radius 2 is 2.11 bits per heavy atom. The molecule has 0 aliphatic carbocycles. The predicted octanol–water partition coefficient (Wildman–Crippen LogP) is 0.525. The molecule has 0 bridgehead atoms. The van der Waals surface area contributed by atoms with Gasteiger partial charge in [0.25, 0.3) is 0 Å². The monoisotopic (exact) mass is 269 g/mol. The first-order valence-electron chi connectivity index (χ1n) is 5.22. The SMILES string of the molecule is COc1ccc2n[n+](C)cc(P(=O)(O)OC)c2c1. The van der Waals surface area contributed by atoms with Gasteiger partial charge in [-0.1, -0.05) is 4.68 Å². The Labute approximate surface area is 104 Å². The van der Waals surface area contributed by atoms with Gasteiger partial charge in [-0.2, -0.15) is 0 Å². The summed E-state index contributed by atoms with van der Waals surface area (Å²) in [6, 6.07) is 5.14. The first kappa shape index (κ1) is 13.0. The van der Waals surface area contributed by atoms with Gasteiger partial charge in [-0.3, -0.25) is 4.57 Å². The Balaban J connectivity index is 2.81. The summed E-state index contributed by atoms with van der Waals surface area (Å²) in [6.45, 7) is 0. The fourth-order valence-corrected chi connectivity index (χ4v) is 2.70. The van der Waals surface area contributed by atoms with Crippen molar-refractivity contribution < 1.29 is 23.4 Å². The van der Waals surface area contributed by atoms with Crippen molar-refractivity contribution in [2.24, 2.45) is 7.05 Å². The Hall–Kier alpha value is -1.49. The molecule has 0 aliphatic rings. The molecule has 1 heterocycles. The molecule has 1 N–H and O–H groups in total. The van der Waals surface area contributed by atoms with Gasteiger partial charge in [-0.15, -0.1) is 0 Å². The summed E-state index contributed by atoms with van der Waals surface area (Å²) < 4.78 is 23.3. The van der Waals surface area contributed by atoms with E-state index in [-0.39, 0.29) is 5.30 Å². The first-order valence-corrected chi connectivity index (χ1v) is 6.79. The van der Waals surface area contributed by atoms with E-state index in [0.717, 1.165) is 0 Å². The molecule has 7 heteroatoms. The van der Waals surface area contributed by atoms with Crippen molar-refractivity contribution in [1.29, 1.82) is 0 Å². The van der Waals surface area contributed by atoms with Gasteiger partial charge in [0, 0.05) is 12.5 Å². The maximum atomic E-state index is 12.0. The summed E-state index contributed by atoms with van der Waals surface area (Å²) in [6.07, 6.45) is 1.48. The van der Waals surface area contributed by atoms with Crippen LogP contribution in [0.15, 0.2) is 24.4 Å². The van der Waals surface area contributed by atoms with E-state index in [9.17, 15) is 9.46 Å². The van der Waals surface area contributed by atoms with E-state index in [1.54, 1.807) is 25.2 Å². The minimum atomic E-state index is -3.84. The maximum Gasteiger partial charge on any atom is 0.365 e. The van der Waals surface area contributed by atoms with Crippen molar-refractivity contribution in [1.82, 2.24) is 5.10 Å². The molecule has 0 amide bonds. The van der Waals surface area contributed by atoms with Gasteiger partial charge >= 0.3 is 7.60 Å². The average Bonchev–Trinajstić information content (AvgIpc) is 2.37. The highest BCUT2D eigenvalue weighted by atomic mass is 31.2. The summed E-state index contributed by atoms with van der Waals surface area (Å²) in [7, 11) is 0.574. The first-order chi connectivity index (χ1) is 8.47.